The Labute approximate surface area is 238 Å². The van der Waals surface area contributed by atoms with Crippen molar-refractivity contribution < 1.29 is 27.4 Å². The van der Waals surface area contributed by atoms with Crippen molar-refractivity contribution in [2.45, 2.75) is 36.9 Å². The van der Waals surface area contributed by atoms with Gasteiger partial charge in [0.1, 0.15) is 0 Å². The van der Waals surface area contributed by atoms with Gasteiger partial charge in [0.05, 0.1) is 38.0 Å². The molecule has 0 saturated carbocycles. The molecule has 0 unspecified atom stereocenters. The Hall–Kier alpha value is -1.91. The summed E-state index contributed by atoms with van der Waals surface area (Å²) in [5.41, 5.74) is 0.887. The summed E-state index contributed by atoms with van der Waals surface area (Å²) in [7, 11) is 1.66. The number of nitrogens with zero attached hydrogens (tertiary/aromatic N) is 2. The second kappa shape index (κ2) is 15.6. The molecule has 1 fully saturated rings. The van der Waals surface area contributed by atoms with E-state index in [-0.39, 0.29) is 24.8 Å². The van der Waals surface area contributed by atoms with E-state index in [1.54, 1.807) is 25.1 Å². The van der Waals surface area contributed by atoms with Crippen molar-refractivity contribution in [2.75, 3.05) is 45.8 Å². The number of hydrogen-bond acceptors (Lipinski definition) is 6. The molecule has 38 heavy (non-hydrogen) atoms. The third-order valence-electron chi connectivity index (χ3n) is 6.07. The number of alkyl halides is 3. The Kier molecular flexibility index (Phi) is 13.3. The average molecular weight is 594 g/mol. The SMILES string of the molecule is COc1cc(CN2CCOCC2)ccc1OCCCCCSc1ccnc2cc(C(F)(F)F)ccc12.Cl.Cl. The van der Waals surface area contributed by atoms with Gasteiger partial charge in [-0.15, -0.1) is 36.6 Å². The maximum atomic E-state index is 13.0. The highest BCUT2D eigenvalue weighted by Crippen LogP contribution is 2.34. The van der Waals surface area contributed by atoms with Gasteiger partial charge < -0.3 is 14.2 Å². The van der Waals surface area contributed by atoms with E-state index in [0.29, 0.717) is 12.1 Å². The molecule has 1 aliphatic rings. The van der Waals surface area contributed by atoms with Gasteiger partial charge in [0.2, 0.25) is 0 Å². The minimum atomic E-state index is -4.37. The van der Waals surface area contributed by atoms with Crippen LogP contribution in [0, 0.1) is 0 Å². The molecule has 4 rings (SSSR count). The summed E-state index contributed by atoms with van der Waals surface area (Å²) in [5, 5.41) is 0.753. The molecule has 2 heterocycles. The van der Waals surface area contributed by atoms with Crippen molar-refractivity contribution in [1.29, 1.82) is 0 Å². The average Bonchev–Trinajstić information content (AvgIpc) is 2.88. The fraction of sp³-hybridized carbons (Fsp3) is 0.444. The number of fused-ring (bicyclic) bond motifs is 1. The molecule has 0 radical (unpaired) electrons. The van der Waals surface area contributed by atoms with Crippen LogP contribution in [0.15, 0.2) is 53.6 Å². The lowest BCUT2D eigenvalue weighted by atomic mass is 10.1. The number of benzene rings is 2. The van der Waals surface area contributed by atoms with E-state index < -0.39 is 11.7 Å². The van der Waals surface area contributed by atoms with Crippen molar-refractivity contribution in [3.05, 3.63) is 59.8 Å². The third-order valence-corrected chi connectivity index (χ3v) is 7.23. The Bertz CT molecular complexity index is 1150. The van der Waals surface area contributed by atoms with Crippen LogP contribution in [0.3, 0.4) is 0 Å². The van der Waals surface area contributed by atoms with Crippen LogP contribution in [0.2, 0.25) is 0 Å². The van der Waals surface area contributed by atoms with E-state index >= 15 is 0 Å². The second-order valence-corrected chi connectivity index (χ2v) is 9.81. The molecule has 0 atom stereocenters. The van der Waals surface area contributed by atoms with E-state index in [0.717, 1.165) is 91.8 Å². The first kappa shape index (κ1) is 32.3. The standard InChI is InChI=1S/C27H31F3N2O3S.2ClH/c1-33-25-17-20(19-32-11-14-34-15-12-32)5-8-24(25)35-13-3-2-4-16-36-26-9-10-31-23-18-21(27(28,29)30)6-7-22(23)26;;/h5-10,17-18H,2-4,11-16,19H2,1H3;2*1H. The molecule has 0 bridgehead atoms. The molecule has 0 spiro atoms. The van der Waals surface area contributed by atoms with Crippen molar-refractivity contribution in [1.82, 2.24) is 9.88 Å². The Balaban J connectivity index is 0.00000253. The summed E-state index contributed by atoms with van der Waals surface area (Å²) in [6.07, 6.45) is 0.0827. The number of hydrogen-bond donors (Lipinski definition) is 0. The van der Waals surface area contributed by atoms with E-state index in [2.05, 4.69) is 16.0 Å². The van der Waals surface area contributed by atoms with E-state index in [1.807, 2.05) is 18.2 Å². The molecular formula is C27H33Cl2F3N2O3S. The van der Waals surface area contributed by atoms with Crippen molar-refractivity contribution in [2.24, 2.45) is 0 Å². The fourth-order valence-electron chi connectivity index (χ4n) is 4.12. The predicted molar refractivity (Wildman–Crippen MR) is 150 cm³/mol. The highest BCUT2D eigenvalue weighted by molar-refractivity contribution is 7.99. The highest BCUT2D eigenvalue weighted by atomic mass is 35.5. The van der Waals surface area contributed by atoms with Crippen molar-refractivity contribution >= 4 is 47.5 Å². The minimum Gasteiger partial charge on any atom is -0.493 e. The van der Waals surface area contributed by atoms with Crippen LogP contribution in [-0.2, 0) is 17.5 Å². The van der Waals surface area contributed by atoms with Gasteiger partial charge in [0, 0.05) is 36.1 Å². The number of halogens is 5. The fourth-order valence-corrected chi connectivity index (χ4v) is 5.17. The molecule has 0 N–H and O–H groups in total. The molecule has 2 aromatic carbocycles. The van der Waals surface area contributed by atoms with Crippen molar-refractivity contribution in [3.8, 4) is 11.5 Å². The molecule has 0 aliphatic carbocycles. The zero-order valence-electron chi connectivity index (χ0n) is 21.2. The second-order valence-electron chi connectivity index (χ2n) is 8.67. The number of rotatable bonds is 11. The van der Waals surface area contributed by atoms with Crippen molar-refractivity contribution in [3.63, 3.8) is 0 Å². The molecule has 1 saturated heterocycles. The molecule has 5 nitrogen and oxygen atoms in total. The van der Waals surface area contributed by atoms with Gasteiger partial charge in [0.15, 0.2) is 11.5 Å². The Morgan fingerprint density at radius 2 is 1.76 bits per heavy atom. The Morgan fingerprint density at radius 1 is 0.974 bits per heavy atom. The number of thioether (sulfide) groups is 1. The first-order chi connectivity index (χ1) is 17.4. The van der Waals surface area contributed by atoms with Gasteiger partial charge in [0.25, 0.3) is 0 Å². The molecule has 0 amide bonds. The minimum absolute atomic E-state index is 0. The topological polar surface area (TPSA) is 43.8 Å². The normalized spacial score (nSPS) is 14.0. The van der Waals surface area contributed by atoms with E-state index in [1.165, 1.54) is 11.6 Å². The first-order valence-corrected chi connectivity index (χ1v) is 13.1. The predicted octanol–water partition coefficient (Wildman–Crippen LogP) is 7.28. The number of pyridine rings is 1. The maximum Gasteiger partial charge on any atom is 0.416 e. The van der Waals surface area contributed by atoms with Gasteiger partial charge in [-0.1, -0.05) is 12.1 Å². The third kappa shape index (κ3) is 9.09. The van der Waals surface area contributed by atoms with Crippen LogP contribution in [0.25, 0.3) is 10.9 Å². The van der Waals surface area contributed by atoms with Gasteiger partial charge in [-0.3, -0.25) is 9.88 Å². The van der Waals surface area contributed by atoms with Crippen LogP contribution in [-0.4, -0.2) is 55.7 Å². The number of methoxy groups -OCH3 is 1. The molecule has 11 heteroatoms. The molecule has 1 aromatic heterocycles. The van der Waals surface area contributed by atoms with Crippen LogP contribution >= 0.6 is 36.6 Å². The van der Waals surface area contributed by atoms with E-state index in [9.17, 15) is 13.2 Å². The van der Waals surface area contributed by atoms with Gasteiger partial charge in [-0.2, -0.15) is 13.2 Å². The monoisotopic (exact) mass is 592 g/mol. The summed E-state index contributed by atoms with van der Waals surface area (Å²) in [5.74, 6) is 2.37. The summed E-state index contributed by atoms with van der Waals surface area (Å²) >= 11 is 1.65. The molecule has 3 aromatic rings. The molecule has 1 aliphatic heterocycles. The maximum absolute atomic E-state index is 13.0. The van der Waals surface area contributed by atoms with Crippen LogP contribution in [0.5, 0.6) is 11.5 Å². The van der Waals surface area contributed by atoms with Gasteiger partial charge in [-0.05, 0) is 60.9 Å². The largest absolute Gasteiger partial charge is 0.493 e. The number of morpholine rings is 1. The van der Waals surface area contributed by atoms with Crippen LogP contribution in [0.1, 0.15) is 30.4 Å². The smallest absolute Gasteiger partial charge is 0.416 e. The first-order valence-electron chi connectivity index (χ1n) is 12.1. The highest BCUT2D eigenvalue weighted by Gasteiger charge is 2.30. The number of aromatic nitrogens is 1. The van der Waals surface area contributed by atoms with Gasteiger partial charge >= 0.3 is 6.18 Å². The van der Waals surface area contributed by atoms with Crippen LogP contribution < -0.4 is 9.47 Å². The molecule has 210 valence electrons. The summed E-state index contributed by atoms with van der Waals surface area (Å²) < 4.78 is 55.8. The lowest BCUT2D eigenvalue weighted by Gasteiger charge is -2.26. The Morgan fingerprint density at radius 3 is 2.50 bits per heavy atom. The summed E-state index contributed by atoms with van der Waals surface area (Å²) in [6, 6.07) is 11.7. The van der Waals surface area contributed by atoms with Gasteiger partial charge in [-0.25, -0.2) is 0 Å². The lowest BCUT2D eigenvalue weighted by Crippen LogP contribution is -2.35. The summed E-state index contributed by atoms with van der Waals surface area (Å²) in [4.78, 5) is 7.43. The quantitative estimate of drug-likeness (QED) is 0.172. The number of unbranched alkanes of at least 4 members (excludes halogenated alkanes) is 2. The zero-order chi connectivity index (χ0) is 25.4. The van der Waals surface area contributed by atoms with Crippen LogP contribution in [0.4, 0.5) is 13.2 Å². The summed E-state index contributed by atoms with van der Waals surface area (Å²) in [6.45, 7) is 4.90. The number of ether oxygens (including phenoxy) is 3. The van der Waals surface area contributed by atoms with E-state index in [4.69, 9.17) is 14.2 Å². The lowest BCUT2D eigenvalue weighted by molar-refractivity contribution is -0.137. The molecular weight excluding hydrogens is 560 g/mol. The zero-order valence-corrected chi connectivity index (χ0v) is 23.6.